The molecule has 4 aliphatic rings. The van der Waals surface area contributed by atoms with Crippen molar-refractivity contribution in [3.63, 3.8) is 0 Å². The van der Waals surface area contributed by atoms with Gasteiger partial charge in [0.1, 0.15) is 6.61 Å². The molecule has 0 radical (unpaired) electrons. The SMILES string of the molecule is CC(OC(=O)CO)OC12CC3CC(CC(C3)C1)C2. The molecule has 0 heterocycles. The first-order valence-electron chi connectivity index (χ1n) is 7.07. The van der Waals surface area contributed by atoms with Crippen molar-refractivity contribution in [2.24, 2.45) is 17.8 Å². The fourth-order valence-electron chi connectivity index (χ4n) is 4.77. The first-order valence-corrected chi connectivity index (χ1v) is 7.07. The van der Waals surface area contributed by atoms with Crippen LogP contribution in [0.25, 0.3) is 0 Å². The summed E-state index contributed by atoms with van der Waals surface area (Å²) in [7, 11) is 0. The Morgan fingerprint density at radius 3 is 2.17 bits per heavy atom. The molecule has 4 bridgehead atoms. The van der Waals surface area contributed by atoms with Crippen LogP contribution in [0.4, 0.5) is 0 Å². The van der Waals surface area contributed by atoms with E-state index < -0.39 is 18.9 Å². The number of carbonyl (C=O) groups is 1. The van der Waals surface area contributed by atoms with E-state index >= 15 is 0 Å². The summed E-state index contributed by atoms with van der Waals surface area (Å²) in [5.74, 6) is 1.85. The van der Waals surface area contributed by atoms with E-state index in [2.05, 4.69) is 0 Å². The summed E-state index contributed by atoms with van der Waals surface area (Å²) in [6.07, 6.45) is 6.94. The highest BCUT2D eigenvalue weighted by molar-refractivity contribution is 5.70. The number of aliphatic hydroxyl groups is 1. The van der Waals surface area contributed by atoms with Gasteiger partial charge in [0.25, 0.3) is 0 Å². The van der Waals surface area contributed by atoms with Crippen LogP contribution in [0.3, 0.4) is 0 Å². The molecule has 0 aliphatic heterocycles. The molecule has 4 nitrogen and oxygen atoms in total. The summed E-state index contributed by atoms with van der Waals surface area (Å²) >= 11 is 0. The molecule has 102 valence electrons. The maximum absolute atomic E-state index is 11.1. The van der Waals surface area contributed by atoms with E-state index in [0.717, 1.165) is 37.0 Å². The Balaban J connectivity index is 1.63. The van der Waals surface area contributed by atoms with E-state index in [1.807, 2.05) is 0 Å². The molecular weight excluding hydrogens is 232 g/mol. The fourth-order valence-corrected chi connectivity index (χ4v) is 4.77. The molecule has 4 saturated carbocycles. The second kappa shape index (κ2) is 4.49. The van der Waals surface area contributed by atoms with Crippen LogP contribution in [0.2, 0.25) is 0 Å². The van der Waals surface area contributed by atoms with E-state index in [9.17, 15) is 4.79 Å². The topological polar surface area (TPSA) is 55.8 Å². The number of esters is 1. The van der Waals surface area contributed by atoms with E-state index in [1.165, 1.54) is 19.3 Å². The molecule has 1 N–H and O–H groups in total. The van der Waals surface area contributed by atoms with E-state index in [1.54, 1.807) is 6.92 Å². The Bertz CT molecular complexity index is 303. The third-order valence-corrected chi connectivity index (χ3v) is 4.82. The Morgan fingerprint density at radius 2 is 1.72 bits per heavy atom. The summed E-state index contributed by atoms with van der Waals surface area (Å²) in [4.78, 5) is 11.1. The van der Waals surface area contributed by atoms with Gasteiger partial charge in [0, 0.05) is 0 Å². The number of ether oxygens (including phenoxy) is 2. The number of hydrogen-bond donors (Lipinski definition) is 1. The average molecular weight is 254 g/mol. The van der Waals surface area contributed by atoms with E-state index in [0.29, 0.717) is 0 Å². The first kappa shape index (κ1) is 12.4. The number of aliphatic hydroxyl groups excluding tert-OH is 1. The standard InChI is InChI=1S/C14H22O4/c1-9(17-13(16)8-15)18-14-5-10-2-11(6-14)4-12(3-10)7-14/h9-12,15H,2-8H2,1H3. The van der Waals surface area contributed by atoms with Gasteiger partial charge in [-0.25, -0.2) is 4.79 Å². The van der Waals surface area contributed by atoms with Gasteiger partial charge in [-0.05, 0) is 63.2 Å². The van der Waals surface area contributed by atoms with Gasteiger partial charge >= 0.3 is 5.97 Å². The summed E-state index contributed by atoms with van der Waals surface area (Å²) in [5, 5.41) is 8.68. The molecule has 0 aromatic rings. The Morgan fingerprint density at radius 1 is 1.22 bits per heavy atom. The highest BCUT2D eigenvalue weighted by Gasteiger charge is 2.52. The number of rotatable bonds is 4. The third-order valence-electron chi connectivity index (χ3n) is 4.82. The van der Waals surface area contributed by atoms with Crippen LogP contribution in [-0.4, -0.2) is 29.6 Å². The molecule has 1 unspecified atom stereocenters. The lowest BCUT2D eigenvalue weighted by Crippen LogP contribution is -2.53. The summed E-state index contributed by atoms with van der Waals surface area (Å²) < 4.78 is 11.1. The van der Waals surface area contributed by atoms with Crippen molar-refractivity contribution in [3.8, 4) is 0 Å². The second-order valence-corrected chi connectivity index (χ2v) is 6.43. The molecule has 4 aliphatic carbocycles. The lowest BCUT2D eigenvalue weighted by molar-refractivity contribution is -0.245. The van der Waals surface area contributed by atoms with E-state index in [4.69, 9.17) is 14.6 Å². The lowest BCUT2D eigenvalue weighted by Gasteiger charge is -2.56. The molecule has 0 spiro atoms. The van der Waals surface area contributed by atoms with Crippen molar-refractivity contribution in [2.45, 2.75) is 57.3 Å². The quantitative estimate of drug-likeness (QED) is 0.614. The molecule has 18 heavy (non-hydrogen) atoms. The van der Waals surface area contributed by atoms with Gasteiger partial charge in [-0.15, -0.1) is 0 Å². The highest BCUT2D eigenvalue weighted by atomic mass is 16.7. The van der Waals surface area contributed by atoms with Crippen molar-refractivity contribution >= 4 is 5.97 Å². The first-order chi connectivity index (χ1) is 8.58. The lowest BCUT2D eigenvalue weighted by atomic mass is 9.54. The Kier molecular flexibility index (Phi) is 3.10. The van der Waals surface area contributed by atoms with Crippen molar-refractivity contribution in [1.82, 2.24) is 0 Å². The number of hydrogen-bond acceptors (Lipinski definition) is 4. The molecule has 4 heteroatoms. The zero-order valence-corrected chi connectivity index (χ0v) is 10.9. The largest absolute Gasteiger partial charge is 0.434 e. The summed E-state index contributed by atoms with van der Waals surface area (Å²) in [6, 6.07) is 0. The van der Waals surface area contributed by atoms with Crippen LogP contribution in [0.5, 0.6) is 0 Å². The monoisotopic (exact) mass is 254 g/mol. The van der Waals surface area contributed by atoms with Crippen LogP contribution in [0.15, 0.2) is 0 Å². The minimum absolute atomic E-state index is 0.0517. The maximum atomic E-state index is 11.1. The predicted molar refractivity (Wildman–Crippen MR) is 64.6 cm³/mol. The predicted octanol–water partition coefficient (Wildman–Crippen LogP) is 1.85. The van der Waals surface area contributed by atoms with Gasteiger partial charge in [0.2, 0.25) is 6.29 Å². The van der Waals surface area contributed by atoms with Gasteiger partial charge in [-0.1, -0.05) is 0 Å². The molecule has 0 amide bonds. The molecule has 0 saturated heterocycles. The van der Waals surface area contributed by atoms with Crippen LogP contribution in [0.1, 0.15) is 45.4 Å². The van der Waals surface area contributed by atoms with Gasteiger partial charge in [0.15, 0.2) is 0 Å². The van der Waals surface area contributed by atoms with Gasteiger partial charge in [-0.3, -0.25) is 0 Å². The molecule has 4 fully saturated rings. The van der Waals surface area contributed by atoms with Gasteiger partial charge < -0.3 is 14.6 Å². The zero-order valence-electron chi connectivity index (χ0n) is 10.9. The smallest absolute Gasteiger partial charge is 0.334 e. The van der Waals surface area contributed by atoms with Crippen molar-refractivity contribution in [1.29, 1.82) is 0 Å². The molecule has 0 aromatic heterocycles. The molecular formula is C14H22O4. The van der Waals surface area contributed by atoms with Crippen molar-refractivity contribution in [3.05, 3.63) is 0 Å². The maximum Gasteiger partial charge on any atom is 0.334 e. The fraction of sp³-hybridized carbons (Fsp3) is 0.929. The zero-order chi connectivity index (χ0) is 12.8. The van der Waals surface area contributed by atoms with E-state index in [-0.39, 0.29) is 5.60 Å². The highest BCUT2D eigenvalue weighted by Crippen LogP contribution is 2.57. The van der Waals surface area contributed by atoms with Crippen molar-refractivity contribution in [2.75, 3.05) is 6.61 Å². The summed E-state index contributed by atoms with van der Waals surface area (Å²) in [6.45, 7) is 1.18. The Hall–Kier alpha value is -0.610. The number of carbonyl (C=O) groups excluding carboxylic acids is 1. The van der Waals surface area contributed by atoms with Crippen LogP contribution in [-0.2, 0) is 14.3 Å². The molecule has 1 atom stereocenters. The Labute approximate surface area is 108 Å². The van der Waals surface area contributed by atoms with Gasteiger partial charge in [0.05, 0.1) is 5.60 Å². The second-order valence-electron chi connectivity index (χ2n) is 6.43. The minimum Gasteiger partial charge on any atom is -0.434 e. The molecule has 0 aromatic carbocycles. The van der Waals surface area contributed by atoms with Crippen LogP contribution in [0, 0.1) is 17.8 Å². The van der Waals surface area contributed by atoms with Crippen molar-refractivity contribution < 1.29 is 19.4 Å². The van der Waals surface area contributed by atoms with Gasteiger partial charge in [-0.2, -0.15) is 0 Å². The molecule has 4 rings (SSSR count). The minimum atomic E-state index is -0.604. The van der Waals surface area contributed by atoms with Crippen LogP contribution < -0.4 is 0 Å². The summed E-state index contributed by atoms with van der Waals surface area (Å²) in [5.41, 5.74) is -0.0517. The normalized spacial score (nSPS) is 42.9. The van der Waals surface area contributed by atoms with Crippen LogP contribution >= 0.6 is 0 Å². The third kappa shape index (κ3) is 2.28. The average Bonchev–Trinajstić information content (AvgIpc) is 2.25.